The van der Waals surface area contributed by atoms with Crippen molar-refractivity contribution in [1.29, 1.82) is 0 Å². The predicted molar refractivity (Wildman–Crippen MR) is 416 cm³/mol. The van der Waals surface area contributed by atoms with Crippen LogP contribution < -0.4 is 0 Å². The Morgan fingerprint density at radius 3 is 0.842 bits per heavy atom. The summed E-state index contributed by atoms with van der Waals surface area (Å²) in [5, 5.41) is 0. The maximum Gasteiger partial charge on any atom is 0.130 e. The fraction of sp³-hybridized carbons (Fsp3) is 0.689. The molecule has 0 bridgehead atoms. The van der Waals surface area contributed by atoms with Crippen LogP contribution in [0.5, 0.6) is 0 Å². The van der Waals surface area contributed by atoms with Crippen LogP contribution in [0, 0.1) is 31.3 Å². The quantitative estimate of drug-likeness (QED) is 0.0458. The summed E-state index contributed by atoms with van der Waals surface area (Å²) >= 11 is 0. The van der Waals surface area contributed by atoms with Crippen LogP contribution >= 0.6 is 0 Å². The minimum atomic E-state index is -0.429. The number of halogens is 3. The number of rotatable bonds is 30. The second-order valence-corrected chi connectivity index (χ2v) is 31.5. The van der Waals surface area contributed by atoms with Crippen molar-refractivity contribution in [3.05, 3.63) is 164 Å². The minimum absolute atomic E-state index is 0.0307. The van der Waals surface area contributed by atoms with Gasteiger partial charge in [-0.2, -0.15) is 0 Å². The Kier molecular flexibility index (Phi) is 35.8. The molecule has 0 unspecified atom stereocenters. The van der Waals surface area contributed by atoms with Crippen molar-refractivity contribution in [2.75, 3.05) is 0 Å². The zero-order valence-electron chi connectivity index (χ0n) is 68.2. The average Bonchev–Trinajstić information content (AvgIpc) is 0.805. The molecule has 0 aliphatic carbocycles. The molecule has 0 saturated carbocycles. The van der Waals surface area contributed by atoms with E-state index in [4.69, 9.17) is 9.97 Å². The summed E-state index contributed by atoms with van der Waals surface area (Å²) in [6, 6.07) is 23.1. The van der Waals surface area contributed by atoms with E-state index in [-0.39, 0.29) is 60.9 Å². The SMILES string of the molecule is CCC(C)(CC)c1cc(C)c(C(C)(CC)CC)cn1.CCC(C)(CC)c1cc(F)c(C(C)(CC)CC)c(F)c1.CCC(C)(CC)c1ccc(C(C)(CC)CC)c(C)c1.CCC(C)(CC)c1ccc(C(C)(CC)CC)c(F)c1.CCC(C)(CC)c1ccc(C(C)(CC)CC)nc1. The van der Waals surface area contributed by atoms with E-state index in [1.54, 1.807) is 18.2 Å². The van der Waals surface area contributed by atoms with Crippen molar-refractivity contribution in [1.82, 2.24) is 9.97 Å². The molecule has 0 amide bonds. The maximum absolute atomic E-state index is 14.5. The van der Waals surface area contributed by atoms with Crippen LogP contribution in [0.15, 0.2) is 79.1 Å². The van der Waals surface area contributed by atoms with Gasteiger partial charge in [0.15, 0.2) is 0 Å². The molecule has 2 heterocycles. The van der Waals surface area contributed by atoms with Gasteiger partial charge in [0.05, 0.1) is 0 Å². The Morgan fingerprint density at radius 1 is 0.242 bits per heavy atom. The standard InChI is InChI=1S/C19H32.C18H28F2.C18H29F.C18H31N.C17H29N/c1-8-18(6,9-2)16-12-13-17(15(5)14-16)19(7,10-3)11-4;1-7-17(5,8-2)13-11-14(19)16(15(20)12-13)18(6,9-3)10-4;1-7-17(5,8-2)14-11-12-15(16(19)13-14)18(6,9-3)10-4;1-8-17(6,9-2)15-13-19-16(12-14(15)5)18(7,10-3)11-4;1-7-16(5,8-2)14-11-12-15(18-13-14)17(6,9-3)10-4/h12-14H,8-11H2,1-7H3;11-12H,7-10H2,1-6H3;11-13H,7-10H2,1-6H3;12-13H,8-11H2,1-7H3;11-13H,7-10H2,1-6H3. The van der Waals surface area contributed by atoms with Gasteiger partial charge in [0.25, 0.3) is 0 Å². The van der Waals surface area contributed by atoms with Gasteiger partial charge >= 0.3 is 0 Å². The van der Waals surface area contributed by atoms with Crippen molar-refractivity contribution >= 4 is 0 Å². The molecule has 0 atom stereocenters. The normalized spacial score (nSPS) is 12.8. The zero-order chi connectivity index (χ0) is 73.4. The van der Waals surface area contributed by atoms with Crippen molar-refractivity contribution in [3.8, 4) is 0 Å². The van der Waals surface area contributed by atoms with Crippen molar-refractivity contribution in [3.63, 3.8) is 0 Å². The second-order valence-electron chi connectivity index (χ2n) is 31.5. The highest BCUT2D eigenvalue weighted by Crippen LogP contribution is 2.43. The molecule has 5 rings (SSSR count). The monoisotopic (exact) mass is 1320 g/mol. The van der Waals surface area contributed by atoms with E-state index in [0.29, 0.717) is 10.8 Å². The number of hydrogen-bond donors (Lipinski definition) is 0. The first-order valence-electron chi connectivity index (χ1n) is 38.7. The van der Waals surface area contributed by atoms with Crippen molar-refractivity contribution in [2.24, 2.45) is 0 Å². The van der Waals surface area contributed by atoms with Gasteiger partial charge in [-0.15, -0.1) is 0 Å². The second kappa shape index (κ2) is 38.4. The van der Waals surface area contributed by atoms with E-state index in [1.807, 2.05) is 26.8 Å². The molecule has 2 aromatic heterocycles. The van der Waals surface area contributed by atoms with Gasteiger partial charge in [0.2, 0.25) is 0 Å². The van der Waals surface area contributed by atoms with Gasteiger partial charge in [-0.1, -0.05) is 244 Å². The first-order chi connectivity index (χ1) is 44.3. The Balaban J connectivity index is 0.000000594. The number of pyridine rings is 2. The molecule has 3 aromatic carbocycles. The van der Waals surface area contributed by atoms with E-state index in [9.17, 15) is 13.2 Å². The van der Waals surface area contributed by atoms with Gasteiger partial charge in [-0.3, -0.25) is 9.97 Å². The molecule has 0 spiro atoms. The maximum atomic E-state index is 14.5. The molecule has 0 radical (unpaired) electrons. The molecular weight excluding hydrogens is 1170 g/mol. The van der Waals surface area contributed by atoms with Crippen LogP contribution in [0.4, 0.5) is 13.2 Å². The molecular formula is C90H149F3N2. The molecule has 95 heavy (non-hydrogen) atoms. The Morgan fingerprint density at radius 2 is 0.516 bits per heavy atom. The van der Waals surface area contributed by atoms with E-state index in [2.05, 4.69) is 256 Å². The van der Waals surface area contributed by atoms with Crippen molar-refractivity contribution < 1.29 is 13.2 Å². The topological polar surface area (TPSA) is 25.8 Å². The number of nitrogens with zero attached hydrogens (tertiary/aromatic N) is 2. The lowest BCUT2D eigenvalue weighted by Gasteiger charge is -2.32. The van der Waals surface area contributed by atoms with Crippen molar-refractivity contribution in [2.45, 2.75) is 404 Å². The highest BCUT2D eigenvalue weighted by atomic mass is 19.1. The van der Waals surface area contributed by atoms with Gasteiger partial charge in [0, 0.05) is 40.2 Å². The summed E-state index contributed by atoms with van der Waals surface area (Å²) in [4.78, 5) is 9.57. The minimum Gasteiger partial charge on any atom is -0.260 e. The average molecular weight is 1320 g/mol. The fourth-order valence-corrected chi connectivity index (χ4v) is 13.6. The molecule has 5 aromatic rings. The summed E-state index contributed by atoms with van der Waals surface area (Å²) in [5.41, 5.74) is 15.4. The van der Waals surface area contributed by atoms with Crippen LogP contribution in [-0.2, 0) is 54.1 Å². The van der Waals surface area contributed by atoms with Crippen LogP contribution in [0.1, 0.15) is 403 Å². The summed E-state index contributed by atoms with van der Waals surface area (Å²) < 4.78 is 43.6. The van der Waals surface area contributed by atoms with Crippen LogP contribution in [-0.4, -0.2) is 9.97 Å². The highest BCUT2D eigenvalue weighted by Gasteiger charge is 2.35. The number of benzene rings is 3. The molecule has 2 nitrogen and oxygen atoms in total. The van der Waals surface area contributed by atoms with E-state index in [0.717, 1.165) is 93.7 Å². The number of aryl methyl sites for hydroxylation is 2. The lowest BCUT2D eigenvalue weighted by molar-refractivity contribution is 0.383. The van der Waals surface area contributed by atoms with Crippen LogP contribution in [0.2, 0.25) is 0 Å². The number of aromatic nitrogens is 2. The molecule has 5 heteroatoms. The van der Waals surface area contributed by atoms with Gasteiger partial charge in [0.1, 0.15) is 17.5 Å². The smallest absolute Gasteiger partial charge is 0.130 e. The molecule has 0 fully saturated rings. The third kappa shape index (κ3) is 21.2. The number of hydrogen-bond acceptors (Lipinski definition) is 2. The Bertz CT molecular complexity index is 2740. The predicted octanol–water partition coefficient (Wildman–Crippen LogP) is 29.0. The van der Waals surface area contributed by atoms with E-state index >= 15 is 0 Å². The lowest BCUT2D eigenvalue weighted by Crippen LogP contribution is -2.26. The fourth-order valence-electron chi connectivity index (χ4n) is 13.6. The van der Waals surface area contributed by atoms with Gasteiger partial charge in [-0.25, -0.2) is 13.2 Å². The Labute approximate surface area is 587 Å². The third-order valence-electron chi connectivity index (χ3n) is 27.3. The zero-order valence-corrected chi connectivity index (χ0v) is 68.2. The van der Waals surface area contributed by atoms with Gasteiger partial charge < -0.3 is 0 Å². The van der Waals surface area contributed by atoms with Gasteiger partial charge in [-0.05, 0) is 266 Å². The Hall–Kier alpha value is -4.25. The molecule has 0 saturated heterocycles. The summed E-state index contributed by atoms with van der Waals surface area (Å²) in [5.74, 6) is -0.810. The van der Waals surface area contributed by atoms with E-state index < -0.39 is 5.41 Å². The molecule has 0 aliphatic heterocycles. The largest absolute Gasteiger partial charge is 0.260 e. The highest BCUT2D eigenvalue weighted by molar-refractivity contribution is 5.41. The summed E-state index contributed by atoms with van der Waals surface area (Å²) in [7, 11) is 0. The molecule has 540 valence electrons. The summed E-state index contributed by atoms with van der Waals surface area (Å²) in [6.45, 7) is 71.1. The first kappa shape index (κ1) is 88.8. The summed E-state index contributed by atoms with van der Waals surface area (Å²) in [6.07, 6.45) is 25.6. The lowest BCUT2D eigenvalue weighted by atomic mass is 9.72. The van der Waals surface area contributed by atoms with E-state index in [1.165, 1.54) is 96.1 Å². The third-order valence-corrected chi connectivity index (χ3v) is 27.3. The first-order valence-corrected chi connectivity index (χ1v) is 38.7. The molecule has 0 aliphatic rings. The van der Waals surface area contributed by atoms with Crippen LogP contribution in [0.25, 0.3) is 0 Å². The molecule has 0 N–H and O–H groups in total. The van der Waals surface area contributed by atoms with Crippen LogP contribution in [0.3, 0.4) is 0 Å².